The third-order valence-corrected chi connectivity index (χ3v) is 4.13. The van der Waals surface area contributed by atoms with E-state index in [9.17, 15) is 9.59 Å². The molecule has 94 valence electrons. The molecule has 17 heavy (non-hydrogen) atoms. The normalized spacial score (nSPS) is 31.6. The topological polar surface area (TPSA) is 66.4 Å². The van der Waals surface area contributed by atoms with Gasteiger partial charge in [-0.15, -0.1) is 0 Å². The van der Waals surface area contributed by atoms with Gasteiger partial charge in [-0.25, -0.2) is 4.79 Å². The molecular formula is C13H19NO3. The van der Waals surface area contributed by atoms with Gasteiger partial charge in [0.05, 0.1) is 0 Å². The molecule has 0 heterocycles. The van der Waals surface area contributed by atoms with Crippen LogP contribution in [-0.2, 0) is 9.59 Å². The second kappa shape index (κ2) is 4.90. The van der Waals surface area contributed by atoms with Crippen molar-refractivity contribution >= 4 is 11.9 Å². The van der Waals surface area contributed by atoms with Crippen molar-refractivity contribution in [3.63, 3.8) is 0 Å². The first kappa shape index (κ1) is 12.1. The largest absolute Gasteiger partial charge is 0.477 e. The number of amides is 1. The SMILES string of the molecule is C/C=C(\NC(=O)CC1CC2CCC1C2)C(=O)O. The summed E-state index contributed by atoms with van der Waals surface area (Å²) in [5, 5.41) is 11.3. The molecule has 4 nitrogen and oxygen atoms in total. The zero-order valence-electron chi connectivity index (χ0n) is 10.1. The Balaban J connectivity index is 1.84. The lowest BCUT2D eigenvalue weighted by molar-refractivity contribution is -0.134. The number of fused-ring (bicyclic) bond motifs is 2. The van der Waals surface area contributed by atoms with E-state index in [1.807, 2.05) is 0 Å². The summed E-state index contributed by atoms with van der Waals surface area (Å²) in [5.41, 5.74) is -0.0156. The van der Waals surface area contributed by atoms with Crippen LogP contribution in [0.25, 0.3) is 0 Å². The van der Waals surface area contributed by atoms with Gasteiger partial charge in [-0.1, -0.05) is 12.5 Å². The molecule has 3 atom stereocenters. The van der Waals surface area contributed by atoms with Crippen molar-refractivity contribution in [2.75, 3.05) is 0 Å². The second-order valence-corrected chi connectivity index (χ2v) is 5.19. The van der Waals surface area contributed by atoms with E-state index in [2.05, 4.69) is 5.32 Å². The van der Waals surface area contributed by atoms with Gasteiger partial charge >= 0.3 is 5.97 Å². The maximum Gasteiger partial charge on any atom is 0.352 e. The van der Waals surface area contributed by atoms with E-state index in [4.69, 9.17) is 5.11 Å². The van der Waals surface area contributed by atoms with Gasteiger partial charge in [-0.05, 0) is 43.9 Å². The fourth-order valence-electron chi connectivity index (χ4n) is 3.31. The number of nitrogens with one attached hydrogen (secondary N) is 1. The first-order chi connectivity index (χ1) is 8.10. The van der Waals surface area contributed by atoms with Crippen LogP contribution in [0.15, 0.2) is 11.8 Å². The van der Waals surface area contributed by atoms with Gasteiger partial charge in [-0.2, -0.15) is 0 Å². The molecule has 2 bridgehead atoms. The van der Waals surface area contributed by atoms with Crippen LogP contribution in [0.2, 0.25) is 0 Å². The minimum atomic E-state index is -1.08. The van der Waals surface area contributed by atoms with Crippen molar-refractivity contribution in [3.8, 4) is 0 Å². The van der Waals surface area contributed by atoms with Crippen molar-refractivity contribution in [1.82, 2.24) is 5.32 Å². The van der Waals surface area contributed by atoms with Crippen LogP contribution < -0.4 is 5.32 Å². The average Bonchev–Trinajstić information content (AvgIpc) is 2.87. The lowest BCUT2D eigenvalue weighted by Gasteiger charge is -2.20. The molecule has 0 spiro atoms. The van der Waals surface area contributed by atoms with Crippen molar-refractivity contribution in [2.24, 2.45) is 17.8 Å². The molecule has 2 rings (SSSR count). The third-order valence-electron chi connectivity index (χ3n) is 4.13. The van der Waals surface area contributed by atoms with Gasteiger partial charge in [0, 0.05) is 6.42 Å². The summed E-state index contributed by atoms with van der Waals surface area (Å²) < 4.78 is 0. The fraction of sp³-hybridized carbons (Fsp3) is 0.692. The summed E-state index contributed by atoms with van der Waals surface area (Å²) in [6.45, 7) is 1.61. The van der Waals surface area contributed by atoms with Crippen LogP contribution in [0.1, 0.15) is 39.0 Å². The number of allylic oxidation sites excluding steroid dienone is 1. The molecule has 2 N–H and O–H groups in total. The Morgan fingerprint density at radius 2 is 2.12 bits per heavy atom. The predicted octanol–water partition coefficient (Wildman–Crippen LogP) is 1.92. The molecular weight excluding hydrogens is 218 g/mol. The van der Waals surface area contributed by atoms with E-state index < -0.39 is 5.97 Å². The standard InChI is InChI=1S/C13H19NO3/c1-2-11(13(16)17)14-12(15)7-10-6-8-3-4-9(10)5-8/h2,8-10H,3-7H2,1H3,(H,14,15)(H,16,17)/b11-2-. The molecule has 0 aromatic carbocycles. The summed E-state index contributed by atoms with van der Waals surface area (Å²) in [7, 11) is 0. The van der Waals surface area contributed by atoms with Crippen LogP contribution in [0.4, 0.5) is 0 Å². The van der Waals surface area contributed by atoms with Gasteiger partial charge in [0.2, 0.25) is 5.91 Å². The number of carboxylic acids is 1. The van der Waals surface area contributed by atoms with E-state index in [0.717, 1.165) is 12.3 Å². The van der Waals surface area contributed by atoms with Gasteiger partial charge in [0.1, 0.15) is 5.70 Å². The summed E-state index contributed by atoms with van der Waals surface area (Å²) in [6, 6.07) is 0. The van der Waals surface area contributed by atoms with E-state index in [1.165, 1.54) is 25.3 Å². The number of hydrogen-bond donors (Lipinski definition) is 2. The molecule has 0 radical (unpaired) electrons. The number of carboxylic acid groups (broad SMARTS) is 1. The smallest absolute Gasteiger partial charge is 0.352 e. The highest BCUT2D eigenvalue weighted by Gasteiger charge is 2.40. The Morgan fingerprint density at radius 3 is 2.59 bits per heavy atom. The van der Waals surface area contributed by atoms with E-state index in [1.54, 1.807) is 6.92 Å². The Bertz CT molecular complexity index is 362. The first-order valence-corrected chi connectivity index (χ1v) is 6.29. The summed E-state index contributed by atoms with van der Waals surface area (Å²) >= 11 is 0. The van der Waals surface area contributed by atoms with Gasteiger partial charge in [0.25, 0.3) is 0 Å². The molecule has 2 aliphatic carbocycles. The molecule has 0 aliphatic heterocycles. The minimum Gasteiger partial charge on any atom is -0.477 e. The Kier molecular flexibility index (Phi) is 3.50. The number of carbonyl (C=O) groups excluding carboxylic acids is 1. The number of hydrogen-bond acceptors (Lipinski definition) is 2. The van der Waals surface area contributed by atoms with E-state index in [0.29, 0.717) is 18.3 Å². The fourth-order valence-corrected chi connectivity index (χ4v) is 3.31. The number of carbonyl (C=O) groups is 2. The zero-order chi connectivity index (χ0) is 12.4. The Labute approximate surface area is 101 Å². The molecule has 2 aliphatic rings. The molecule has 4 heteroatoms. The monoisotopic (exact) mass is 237 g/mol. The quantitative estimate of drug-likeness (QED) is 0.734. The lowest BCUT2D eigenvalue weighted by Crippen LogP contribution is -2.29. The predicted molar refractivity (Wildman–Crippen MR) is 63.1 cm³/mol. The lowest BCUT2D eigenvalue weighted by atomic mass is 9.86. The Morgan fingerprint density at radius 1 is 1.35 bits per heavy atom. The third kappa shape index (κ3) is 2.68. The molecule has 3 unspecified atom stereocenters. The van der Waals surface area contributed by atoms with E-state index in [-0.39, 0.29) is 11.6 Å². The average molecular weight is 237 g/mol. The molecule has 1 amide bonds. The van der Waals surface area contributed by atoms with Crippen LogP contribution in [0.3, 0.4) is 0 Å². The minimum absolute atomic E-state index is 0.0156. The number of aliphatic carboxylic acids is 1. The van der Waals surface area contributed by atoms with Gasteiger partial charge < -0.3 is 10.4 Å². The van der Waals surface area contributed by atoms with Gasteiger partial charge in [-0.3, -0.25) is 4.79 Å². The maximum atomic E-state index is 11.7. The Hall–Kier alpha value is -1.32. The highest BCUT2D eigenvalue weighted by atomic mass is 16.4. The van der Waals surface area contributed by atoms with Gasteiger partial charge in [0.15, 0.2) is 0 Å². The summed E-state index contributed by atoms with van der Waals surface area (Å²) in [6.07, 6.45) is 6.88. The maximum absolute atomic E-state index is 11.7. The zero-order valence-corrected chi connectivity index (χ0v) is 10.1. The van der Waals surface area contributed by atoms with Crippen LogP contribution in [-0.4, -0.2) is 17.0 Å². The first-order valence-electron chi connectivity index (χ1n) is 6.29. The molecule has 0 aromatic heterocycles. The van der Waals surface area contributed by atoms with Crippen LogP contribution >= 0.6 is 0 Å². The summed E-state index contributed by atoms with van der Waals surface area (Å²) in [5.74, 6) is 0.760. The second-order valence-electron chi connectivity index (χ2n) is 5.19. The van der Waals surface area contributed by atoms with Crippen molar-refractivity contribution < 1.29 is 14.7 Å². The van der Waals surface area contributed by atoms with Crippen molar-refractivity contribution in [1.29, 1.82) is 0 Å². The summed E-state index contributed by atoms with van der Waals surface area (Å²) in [4.78, 5) is 22.5. The molecule has 2 fully saturated rings. The van der Waals surface area contributed by atoms with E-state index >= 15 is 0 Å². The number of rotatable bonds is 4. The van der Waals surface area contributed by atoms with Crippen LogP contribution in [0.5, 0.6) is 0 Å². The molecule has 0 saturated heterocycles. The molecule has 0 aromatic rings. The molecule has 2 saturated carbocycles. The van der Waals surface area contributed by atoms with Crippen molar-refractivity contribution in [3.05, 3.63) is 11.8 Å². The van der Waals surface area contributed by atoms with Crippen molar-refractivity contribution in [2.45, 2.75) is 39.0 Å². The highest BCUT2D eigenvalue weighted by molar-refractivity contribution is 5.92. The highest BCUT2D eigenvalue weighted by Crippen LogP contribution is 2.49. The van der Waals surface area contributed by atoms with Crippen LogP contribution in [0, 0.1) is 17.8 Å².